The van der Waals surface area contributed by atoms with Gasteiger partial charge in [0.15, 0.2) is 0 Å². The normalized spacial score (nSPS) is 11.9. The fraction of sp³-hybridized carbons (Fsp3) is 0.222. The number of para-hydroxylation sites is 1. The summed E-state index contributed by atoms with van der Waals surface area (Å²) in [5, 5.41) is 9.47. The molecular formula is C27H27NO5S. The van der Waals surface area contributed by atoms with E-state index in [-0.39, 0.29) is 32.5 Å². The van der Waals surface area contributed by atoms with E-state index in [4.69, 9.17) is 0 Å². The van der Waals surface area contributed by atoms with Crippen LogP contribution in [0, 0.1) is 0 Å². The number of aliphatic imine (C=N–C) groups is 1. The van der Waals surface area contributed by atoms with Crippen LogP contribution < -0.4 is 0 Å². The maximum atomic E-state index is 13.3. The Labute approximate surface area is 199 Å². The molecule has 0 spiro atoms. The molecule has 3 rings (SSSR count). The molecule has 0 saturated carbocycles. The molecule has 0 aromatic heterocycles. The van der Waals surface area contributed by atoms with Crippen LogP contribution in [0.25, 0.3) is 0 Å². The van der Waals surface area contributed by atoms with Crippen molar-refractivity contribution in [3.05, 3.63) is 90.0 Å². The van der Waals surface area contributed by atoms with E-state index in [1.807, 2.05) is 0 Å². The first kappa shape index (κ1) is 25.1. The molecule has 0 aliphatic rings. The molecule has 0 bridgehead atoms. The van der Waals surface area contributed by atoms with E-state index in [0.29, 0.717) is 12.0 Å². The number of sulfone groups is 1. The van der Waals surface area contributed by atoms with Crippen molar-refractivity contribution >= 4 is 33.0 Å². The Kier molecular flexibility index (Phi) is 8.49. The summed E-state index contributed by atoms with van der Waals surface area (Å²) in [6.45, 7) is 2.09. The van der Waals surface area contributed by atoms with Crippen LogP contribution >= 0.6 is 0 Å². The molecule has 0 radical (unpaired) electrons. The van der Waals surface area contributed by atoms with Crippen molar-refractivity contribution in [2.75, 3.05) is 0 Å². The second-order valence-corrected chi connectivity index (χ2v) is 9.81. The summed E-state index contributed by atoms with van der Waals surface area (Å²) in [7, 11) is -3.69. The molecule has 7 heteroatoms. The van der Waals surface area contributed by atoms with E-state index in [0.717, 1.165) is 25.7 Å². The molecule has 3 aromatic carbocycles. The lowest BCUT2D eigenvalue weighted by Gasteiger charge is -2.09. The number of hydrogen-bond acceptors (Lipinski definition) is 5. The quantitative estimate of drug-likeness (QED) is 0.203. The average molecular weight is 478 g/mol. The van der Waals surface area contributed by atoms with Gasteiger partial charge in [0.2, 0.25) is 15.6 Å². The first-order valence-corrected chi connectivity index (χ1v) is 12.7. The molecule has 1 N–H and O–H groups in total. The van der Waals surface area contributed by atoms with Crippen LogP contribution in [0.5, 0.6) is 0 Å². The number of nitrogens with zero attached hydrogens (tertiary/aromatic N) is 1. The fourth-order valence-corrected chi connectivity index (χ4v) is 4.81. The highest BCUT2D eigenvalue weighted by atomic mass is 32.2. The zero-order valence-corrected chi connectivity index (χ0v) is 19.8. The minimum Gasteiger partial charge on any atom is -0.478 e. The summed E-state index contributed by atoms with van der Waals surface area (Å²) in [5.41, 5.74) is 0.792. The molecular weight excluding hydrogens is 450 g/mol. The van der Waals surface area contributed by atoms with Crippen LogP contribution in [0.3, 0.4) is 0 Å². The van der Waals surface area contributed by atoms with Crippen molar-refractivity contribution in [1.29, 1.82) is 0 Å². The SMILES string of the molecule is CCCCCCC(=Nc1ccccc1C(=O)O)C(=O)c1ccc(S(=O)(=O)c2ccccc2)cc1. The maximum absolute atomic E-state index is 13.3. The average Bonchev–Trinajstić information content (AvgIpc) is 2.86. The summed E-state index contributed by atoms with van der Waals surface area (Å²) in [4.78, 5) is 29.6. The summed E-state index contributed by atoms with van der Waals surface area (Å²) < 4.78 is 25.7. The van der Waals surface area contributed by atoms with Crippen molar-refractivity contribution in [2.24, 2.45) is 4.99 Å². The van der Waals surface area contributed by atoms with Gasteiger partial charge in [-0.15, -0.1) is 0 Å². The number of benzene rings is 3. The highest BCUT2D eigenvalue weighted by Gasteiger charge is 2.20. The molecule has 0 fully saturated rings. The minimum absolute atomic E-state index is 0.0191. The lowest BCUT2D eigenvalue weighted by Crippen LogP contribution is -2.15. The lowest BCUT2D eigenvalue weighted by atomic mass is 10.0. The fourth-order valence-electron chi connectivity index (χ4n) is 3.52. The number of hydrogen-bond donors (Lipinski definition) is 1. The van der Waals surface area contributed by atoms with Crippen molar-refractivity contribution in [3.8, 4) is 0 Å². The molecule has 3 aromatic rings. The molecule has 0 heterocycles. The van der Waals surface area contributed by atoms with E-state index in [2.05, 4.69) is 11.9 Å². The summed E-state index contributed by atoms with van der Waals surface area (Å²) in [5.74, 6) is -1.46. The van der Waals surface area contributed by atoms with Gasteiger partial charge in [-0.05, 0) is 61.4 Å². The van der Waals surface area contributed by atoms with Gasteiger partial charge in [0.1, 0.15) is 0 Å². The monoisotopic (exact) mass is 477 g/mol. The topological polar surface area (TPSA) is 101 Å². The molecule has 0 aliphatic carbocycles. The van der Waals surface area contributed by atoms with Crippen LogP contribution in [0.2, 0.25) is 0 Å². The Morgan fingerprint density at radius 1 is 0.794 bits per heavy atom. The van der Waals surface area contributed by atoms with Gasteiger partial charge in [-0.1, -0.05) is 56.5 Å². The Morgan fingerprint density at radius 2 is 1.41 bits per heavy atom. The molecule has 176 valence electrons. The van der Waals surface area contributed by atoms with Crippen LogP contribution in [0.4, 0.5) is 5.69 Å². The zero-order valence-electron chi connectivity index (χ0n) is 19.0. The third kappa shape index (κ3) is 6.05. The van der Waals surface area contributed by atoms with Gasteiger partial charge in [-0.3, -0.25) is 4.79 Å². The molecule has 34 heavy (non-hydrogen) atoms. The number of unbranched alkanes of at least 4 members (excludes halogenated alkanes) is 3. The molecule has 0 amide bonds. The predicted octanol–water partition coefficient (Wildman–Crippen LogP) is 6.14. The number of ketones is 1. The maximum Gasteiger partial charge on any atom is 0.337 e. The molecule has 6 nitrogen and oxygen atoms in total. The molecule has 0 atom stereocenters. The third-order valence-electron chi connectivity index (χ3n) is 5.40. The van der Waals surface area contributed by atoms with Gasteiger partial charge < -0.3 is 5.11 Å². The summed E-state index contributed by atoms with van der Waals surface area (Å²) in [6, 6.07) is 20.2. The van der Waals surface area contributed by atoms with Crippen molar-refractivity contribution in [3.63, 3.8) is 0 Å². The van der Waals surface area contributed by atoms with E-state index >= 15 is 0 Å². The zero-order chi connectivity index (χ0) is 24.6. The van der Waals surface area contributed by atoms with Crippen LogP contribution in [0.15, 0.2) is 93.6 Å². The van der Waals surface area contributed by atoms with Crippen LogP contribution in [-0.4, -0.2) is 31.0 Å². The number of rotatable bonds is 11. The molecule has 0 saturated heterocycles. The second kappa shape index (κ2) is 11.5. The second-order valence-electron chi connectivity index (χ2n) is 7.86. The first-order chi connectivity index (χ1) is 16.3. The minimum atomic E-state index is -3.69. The number of carboxylic acids is 1. The van der Waals surface area contributed by atoms with Gasteiger partial charge in [0, 0.05) is 5.56 Å². The predicted molar refractivity (Wildman–Crippen MR) is 132 cm³/mol. The van der Waals surface area contributed by atoms with Crippen LogP contribution in [0.1, 0.15) is 59.7 Å². The number of carboxylic acid groups (broad SMARTS) is 1. The standard InChI is InChI=1S/C27H27NO5S/c1-2-3-4-8-15-25(28-24-14-10-9-13-23(24)27(30)31)26(29)20-16-18-22(19-17-20)34(32,33)21-11-6-5-7-12-21/h5-7,9-14,16-19H,2-4,8,15H2,1H3,(H,30,31). The van der Waals surface area contributed by atoms with E-state index in [9.17, 15) is 23.1 Å². The Balaban J connectivity index is 1.93. The van der Waals surface area contributed by atoms with Gasteiger partial charge >= 0.3 is 5.97 Å². The molecule has 0 aliphatic heterocycles. The molecule has 0 unspecified atom stereocenters. The largest absolute Gasteiger partial charge is 0.478 e. The summed E-state index contributed by atoms with van der Waals surface area (Å²) >= 11 is 0. The van der Waals surface area contributed by atoms with Gasteiger partial charge in [0.05, 0.1) is 26.8 Å². The number of Topliss-reactive ketones (excluding diaryl/α,β-unsaturated/α-hetero) is 1. The third-order valence-corrected chi connectivity index (χ3v) is 7.18. The Hall–Kier alpha value is -3.58. The van der Waals surface area contributed by atoms with Crippen molar-refractivity contribution < 1.29 is 23.1 Å². The Bertz CT molecular complexity index is 1280. The Morgan fingerprint density at radius 3 is 2.06 bits per heavy atom. The smallest absolute Gasteiger partial charge is 0.337 e. The van der Waals surface area contributed by atoms with Crippen molar-refractivity contribution in [2.45, 2.75) is 48.8 Å². The van der Waals surface area contributed by atoms with Gasteiger partial charge in [-0.25, -0.2) is 18.2 Å². The lowest BCUT2D eigenvalue weighted by molar-refractivity contribution is 0.0697. The number of carbonyl (C=O) groups is 2. The van der Waals surface area contributed by atoms with E-state index in [1.165, 1.54) is 42.5 Å². The van der Waals surface area contributed by atoms with Crippen LogP contribution in [-0.2, 0) is 9.84 Å². The highest BCUT2D eigenvalue weighted by Crippen LogP contribution is 2.23. The van der Waals surface area contributed by atoms with Gasteiger partial charge in [0.25, 0.3) is 0 Å². The van der Waals surface area contributed by atoms with Crippen molar-refractivity contribution in [1.82, 2.24) is 0 Å². The number of carbonyl (C=O) groups excluding carboxylic acids is 1. The van der Waals surface area contributed by atoms with E-state index < -0.39 is 15.8 Å². The summed E-state index contributed by atoms with van der Waals surface area (Å²) in [6.07, 6.45) is 4.14. The van der Waals surface area contributed by atoms with E-state index in [1.54, 1.807) is 36.4 Å². The first-order valence-electron chi connectivity index (χ1n) is 11.2. The highest BCUT2D eigenvalue weighted by molar-refractivity contribution is 7.91. The number of aromatic carboxylic acids is 1. The van der Waals surface area contributed by atoms with Gasteiger partial charge in [-0.2, -0.15) is 0 Å².